The second kappa shape index (κ2) is 9.30. The van der Waals surface area contributed by atoms with Crippen molar-refractivity contribution in [3.05, 3.63) is 45.3 Å². The number of fused-ring (bicyclic) bond motifs is 3. The van der Waals surface area contributed by atoms with Crippen LogP contribution in [-0.4, -0.2) is 70.3 Å². The zero-order chi connectivity index (χ0) is 27.6. The van der Waals surface area contributed by atoms with E-state index in [0.29, 0.717) is 46.2 Å². The fourth-order valence-electron chi connectivity index (χ4n) is 5.42. The molecular formula is C26H28ClF2N7O3. The van der Waals surface area contributed by atoms with Gasteiger partial charge in [0.1, 0.15) is 16.6 Å². The van der Waals surface area contributed by atoms with Crippen molar-refractivity contribution < 1.29 is 18.3 Å². The number of nitrogens with one attached hydrogen (secondary N) is 2. The summed E-state index contributed by atoms with van der Waals surface area (Å²) in [5.41, 5.74) is -0.124. The van der Waals surface area contributed by atoms with E-state index in [1.165, 1.54) is 17.8 Å². The molecule has 0 bridgehead atoms. The molecule has 1 aromatic carbocycles. The summed E-state index contributed by atoms with van der Waals surface area (Å²) >= 11 is 6.44. The number of aromatic nitrogens is 3. The zero-order valence-corrected chi connectivity index (χ0v) is 22.4. The Hall–Kier alpha value is -3.51. The number of carbonyl (C=O) groups is 1. The number of likely N-dealkylation sites (N-methyl/N-ethyl adjacent to an activating group) is 1. The molecule has 2 N–H and O–H groups in total. The quantitative estimate of drug-likeness (QED) is 0.462. The first-order valence-corrected chi connectivity index (χ1v) is 13.2. The Morgan fingerprint density at radius 2 is 1.97 bits per heavy atom. The Bertz CT molecular complexity index is 1540. The van der Waals surface area contributed by atoms with Crippen LogP contribution in [0, 0.1) is 5.92 Å². The number of esters is 1. The number of cyclic esters (lactones) is 1. The van der Waals surface area contributed by atoms with E-state index in [1.54, 1.807) is 18.2 Å². The van der Waals surface area contributed by atoms with E-state index in [-0.39, 0.29) is 17.6 Å². The van der Waals surface area contributed by atoms with Crippen molar-refractivity contribution >= 4 is 51.6 Å². The number of aryl methyl sites for hydroxylation is 1. The van der Waals surface area contributed by atoms with E-state index in [2.05, 4.69) is 49.1 Å². The van der Waals surface area contributed by atoms with E-state index >= 15 is 0 Å². The predicted molar refractivity (Wildman–Crippen MR) is 144 cm³/mol. The molecule has 0 radical (unpaired) electrons. The van der Waals surface area contributed by atoms with Crippen LogP contribution >= 0.6 is 11.6 Å². The number of hydrogen-bond acceptors (Lipinski definition) is 9. The van der Waals surface area contributed by atoms with Gasteiger partial charge in [0, 0.05) is 43.8 Å². The van der Waals surface area contributed by atoms with E-state index in [0.717, 1.165) is 19.6 Å². The lowest BCUT2D eigenvalue weighted by Gasteiger charge is -2.38. The molecule has 206 valence electrons. The third kappa shape index (κ3) is 4.55. The maximum Gasteiger partial charge on any atom is 0.421 e. The minimum atomic E-state index is -3.75. The topological polar surface area (TPSA) is 105 Å². The highest BCUT2D eigenvalue weighted by Gasteiger charge is 2.54. The highest BCUT2D eigenvalue weighted by Crippen LogP contribution is 2.45. The summed E-state index contributed by atoms with van der Waals surface area (Å²) in [6.07, 6.45) is -1.06. The number of rotatable bonds is 4. The lowest BCUT2D eigenvalue weighted by molar-refractivity contribution is -0.212. The average Bonchev–Trinajstić information content (AvgIpc) is 3.71. The first-order chi connectivity index (χ1) is 18.5. The van der Waals surface area contributed by atoms with Gasteiger partial charge in [-0.1, -0.05) is 11.6 Å². The van der Waals surface area contributed by atoms with E-state index in [9.17, 15) is 18.4 Å². The van der Waals surface area contributed by atoms with Crippen LogP contribution in [-0.2, 0) is 11.8 Å². The van der Waals surface area contributed by atoms with Crippen molar-refractivity contribution in [3.63, 3.8) is 0 Å². The Kier molecular flexibility index (Phi) is 6.14. The zero-order valence-electron chi connectivity index (χ0n) is 21.7. The Labute approximate surface area is 227 Å². The summed E-state index contributed by atoms with van der Waals surface area (Å²) in [7, 11) is 3.56. The van der Waals surface area contributed by atoms with Crippen molar-refractivity contribution in [2.24, 2.45) is 13.0 Å². The number of ether oxygens (including phenoxy) is 1. The van der Waals surface area contributed by atoms with Crippen LogP contribution in [0.2, 0.25) is 5.02 Å². The summed E-state index contributed by atoms with van der Waals surface area (Å²) in [6, 6.07) is 3.86. The van der Waals surface area contributed by atoms with Crippen LogP contribution in [0.3, 0.4) is 0 Å². The van der Waals surface area contributed by atoms with Crippen LogP contribution < -0.4 is 21.1 Å². The fourth-order valence-corrected chi connectivity index (χ4v) is 5.56. The smallest absolute Gasteiger partial charge is 0.395 e. The first-order valence-electron chi connectivity index (χ1n) is 12.8. The lowest BCUT2D eigenvalue weighted by Crippen LogP contribution is -2.51. The molecule has 2 atom stereocenters. The highest BCUT2D eigenvalue weighted by atomic mass is 35.5. The predicted octanol–water partition coefficient (Wildman–Crippen LogP) is 3.82. The van der Waals surface area contributed by atoms with E-state index in [1.807, 2.05) is 0 Å². The van der Waals surface area contributed by atoms with Gasteiger partial charge >= 0.3 is 12.1 Å². The van der Waals surface area contributed by atoms with Gasteiger partial charge in [-0.05, 0) is 50.9 Å². The van der Waals surface area contributed by atoms with Gasteiger partial charge in [-0.2, -0.15) is 13.8 Å². The monoisotopic (exact) mass is 559 g/mol. The van der Waals surface area contributed by atoms with Gasteiger partial charge in [-0.25, -0.2) is 9.78 Å². The normalized spacial score (nSPS) is 23.1. The number of halogens is 3. The molecular weight excluding hydrogens is 532 g/mol. The van der Waals surface area contributed by atoms with E-state index < -0.39 is 29.2 Å². The molecule has 6 rings (SSSR count). The number of hydrogen-bond donors (Lipinski definition) is 2. The molecule has 4 heterocycles. The van der Waals surface area contributed by atoms with Gasteiger partial charge in [0.25, 0.3) is 5.56 Å². The van der Waals surface area contributed by atoms with Crippen molar-refractivity contribution in [2.45, 2.75) is 38.0 Å². The van der Waals surface area contributed by atoms with Crippen molar-refractivity contribution in [1.29, 1.82) is 0 Å². The number of piperazine rings is 1. The van der Waals surface area contributed by atoms with Gasteiger partial charge in [-0.3, -0.25) is 4.79 Å². The maximum absolute atomic E-state index is 14.9. The first kappa shape index (κ1) is 25.8. The minimum Gasteiger partial charge on any atom is -0.395 e. The second-order valence-electron chi connectivity index (χ2n) is 10.6. The van der Waals surface area contributed by atoms with Crippen molar-refractivity contribution in [3.8, 4) is 0 Å². The van der Waals surface area contributed by atoms with Crippen LogP contribution in [0.1, 0.15) is 30.1 Å². The van der Waals surface area contributed by atoms with Crippen LogP contribution in [0.15, 0.2) is 29.2 Å². The molecule has 10 nitrogen and oxygen atoms in total. The summed E-state index contributed by atoms with van der Waals surface area (Å²) in [5.74, 6) is -0.804. The molecule has 3 aliphatic rings. The van der Waals surface area contributed by atoms with Gasteiger partial charge < -0.3 is 29.7 Å². The molecule has 13 heteroatoms. The SMILES string of the molecule is CC1CN(C)CCN1c1ncc(Cl)c(Nc2ccc3c(c2)c2c(c(=O)n3C)C(=O)OC(F)(F)C(C3CC3)N2)n1. The molecule has 1 aliphatic carbocycles. The molecule has 2 fully saturated rings. The molecule has 0 amide bonds. The van der Waals surface area contributed by atoms with Gasteiger partial charge in [0.2, 0.25) is 5.95 Å². The Balaban J connectivity index is 1.41. The maximum atomic E-state index is 14.9. The molecule has 3 aromatic rings. The van der Waals surface area contributed by atoms with E-state index in [4.69, 9.17) is 11.6 Å². The molecule has 1 saturated heterocycles. The molecule has 39 heavy (non-hydrogen) atoms. The standard InChI is InChI=1S/C26H28ClF2N7O3/c1-13-12-34(2)8-9-36(13)25-30-11-17(27)22(33-25)31-15-6-7-18-16(10-15)20-19(23(37)35(18)3)24(38)39-26(28,29)21(32-20)14-4-5-14/h6-7,10-11,13-14,21,32H,4-5,8-9,12H2,1-3H3,(H,30,31,33). The number of anilines is 4. The number of pyridine rings is 1. The molecule has 2 aromatic heterocycles. The largest absolute Gasteiger partial charge is 0.421 e. The number of benzene rings is 1. The molecule has 2 aliphatic heterocycles. The van der Waals surface area contributed by atoms with Crippen LogP contribution in [0.5, 0.6) is 0 Å². The molecule has 2 unspecified atom stereocenters. The molecule has 1 saturated carbocycles. The molecule has 0 spiro atoms. The summed E-state index contributed by atoms with van der Waals surface area (Å²) in [4.78, 5) is 39.3. The van der Waals surface area contributed by atoms with Crippen LogP contribution in [0.4, 0.5) is 31.9 Å². The van der Waals surface area contributed by atoms with Gasteiger partial charge in [-0.15, -0.1) is 0 Å². The highest BCUT2D eigenvalue weighted by molar-refractivity contribution is 6.33. The summed E-state index contributed by atoms with van der Waals surface area (Å²) in [5, 5.41) is 6.73. The van der Waals surface area contributed by atoms with Gasteiger partial charge in [0.05, 0.1) is 17.4 Å². The minimum absolute atomic E-state index is 0.0385. The van der Waals surface area contributed by atoms with Crippen molar-refractivity contribution in [2.75, 3.05) is 42.2 Å². The van der Waals surface area contributed by atoms with Crippen molar-refractivity contribution in [1.82, 2.24) is 19.4 Å². The number of nitrogens with zero attached hydrogens (tertiary/aromatic N) is 5. The Morgan fingerprint density at radius 3 is 2.69 bits per heavy atom. The van der Waals surface area contributed by atoms with Crippen LogP contribution in [0.25, 0.3) is 10.9 Å². The number of alkyl halides is 2. The third-order valence-corrected chi connectivity index (χ3v) is 7.94. The number of carbonyl (C=O) groups excluding carboxylic acids is 1. The summed E-state index contributed by atoms with van der Waals surface area (Å²) in [6.45, 7) is 4.63. The average molecular weight is 560 g/mol. The Morgan fingerprint density at radius 1 is 1.21 bits per heavy atom. The fraction of sp³-hybridized carbons (Fsp3) is 0.462. The summed E-state index contributed by atoms with van der Waals surface area (Å²) < 4.78 is 35.5. The lowest BCUT2D eigenvalue weighted by atomic mass is 10.1. The van der Waals surface area contributed by atoms with Gasteiger partial charge in [0.15, 0.2) is 5.82 Å². The third-order valence-electron chi connectivity index (χ3n) is 7.67. The second-order valence-corrected chi connectivity index (χ2v) is 11.0.